The fourth-order valence-electron chi connectivity index (χ4n) is 1.47. The molecule has 1 amide bonds. The number of amides is 1. The van der Waals surface area contributed by atoms with Crippen molar-refractivity contribution in [2.75, 3.05) is 6.61 Å². The number of nitrogens with zero attached hydrogens (tertiary/aromatic N) is 2. The predicted octanol–water partition coefficient (Wildman–Crippen LogP) is 3.07. The van der Waals surface area contributed by atoms with Crippen LogP contribution in [0.2, 0.25) is 0 Å². The van der Waals surface area contributed by atoms with Crippen LogP contribution in [0, 0.1) is 0 Å². The lowest BCUT2D eigenvalue weighted by Crippen LogP contribution is -2.17. The van der Waals surface area contributed by atoms with Crippen molar-refractivity contribution in [2.45, 2.75) is 6.92 Å². The van der Waals surface area contributed by atoms with Crippen molar-refractivity contribution >= 4 is 44.0 Å². The van der Waals surface area contributed by atoms with Gasteiger partial charge in [-0.2, -0.15) is 5.10 Å². The first-order valence-corrected chi connectivity index (χ1v) is 7.70. The third-order valence-electron chi connectivity index (χ3n) is 2.39. The van der Waals surface area contributed by atoms with E-state index in [-0.39, 0.29) is 17.6 Å². The fourth-order valence-corrected chi connectivity index (χ4v) is 2.72. The van der Waals surface area contributed by atoms with E-state index in [1.807, 2.05) is 0 Å². The van der Waals surface area contributed by atoms with E-state index in [0.29, 0.717) is 16.6 Å². The number of rotatable bonds is 5. The van der Waals surface area contributed by atoms with Gasteiger partial charge in [0.05, 0.1) is 17.3 Å². The summed E-state index contributed by atoms with van der Waals surface area (Å²) in [7, 11) is 0. The molecule has 1 heterocycles. The second-order valence-corrected chi connectivity index (χ2v) is 5.71. The van der Waals surface area contributed by atoms with E-state index in [9.17, 15) is 9.90 Å². The van der Waals surface area contributed by atoms with Gasteiger partial charge in [-0.25, -0.2) is 10.4 Å². The van der Waals surface area contributed by atoms with Crippen molar-refractivity contribution in [1.29, 1.82) is 0 Å². The number of aromatic nitrogens is 1. The lowest BCUT2D eigenvalue weighted by Gasteiger charge is -2.02. The number of phenols is 1. The molecule has 22 heavy (non-hydrogen) atoms. The van der Waals surface area contributed by atoms with Gasteiger partial charge in [-0.15, -0.1) is 0 Å². The largest absolute Gasteiger partial charge is 0.506 e. The number of carbonyl (C=O) groups excluding carboxylic acids is 1. The minimum absolute atomic E-state index is 0.0101. The average molecular weight is 433 g/mol. The van der Waals surface area contributed by atoms with Crippen LogP contribution in [0.4, 0.5) is 0 Å². The highest BCUT2D eigenvalue weighted by molar-refractivity contribution is 9.11. The Morgan fingerprint density at radius 2 is 2.32 bits per heavy atom. The van der Waals surface area contributed by atoms with E-state index in [1.165, 1.54) is 12.4 Å². The predicted molar refractivity (Wildman–Crippen MR) is 86.2 cm³/mol. The van der Waals surface area contributed by atoms with Gasteiger partial charge in [0.25, 0.3) is 5.89 Å². The molecule has 2 N–H and O–H groups in total. The number of hydrogen-bond donors (Lipinski definition) is 2. The van der Waals surface area contributed by atoms with Crippen LogP contribution in [0.1, 0.15) is 23.2 Å². The highest BCUT2D eigenvalue weighted by Crippen LogP contribution is 2.30. The smallest absolute Gasteiger partial charge is 0.327 e. The summed E-state index contributed by atoms with van der Waals surface area (Å²) in [5.74, 6) is -0.628. The molecule has 0 spiro atoms. The molecule has 7 nitrogen and oxygen atoms in total. The van der Waals surface area contributed by atoms with Crippen molar-refractivity contribution in [3.63, 3.8) is 0 Å². The maximum atomic E-state index is 11.8. The van der Waals surface area contributed by atoms with Crippen molar-refractivity contribution < 1.29 is 19.1 Å². The van der Waals surface area contributed by atoms with Crippen LogP contribution in [0.5, 0.6) is 11.7 Å². The molecule has 2 rings (SSSR count). The van der Waals surface area contributed by atoms with Gasteiger partial charge in [0, 0.05) is 10.0 Å². The van der Waals surface area contributed by atoms with Gasteiger partial charge in [0.1, 0.15) is 11.9 Å². The summed E-state index contributed by atoms with van der Waals surface area (Å²) in [6.07, 6.45) is 2.61. The van der Waals surface area contributed by atoms with E-state index >= 15 is 0 Å². The van der Waals surface area contributed by atoms with Crippen LogP contribution < -0.4 is 10.2 Å². The van der Waals surface area contributed by atoms with Gasteiger partial charge in [-0.05, 0) is 35.0 Å². The molecule has 0 atom stereocenters. The average Bonchev–Trinajstić information content (AvgIpc) is 2.93. The van der Waals surface area contributed by atoms with E-state index in [1.54, 1.807) is 19.1 Å². The van der Waals surface area contributed by atoms with Crippen LogP contribution >= 0.6 is 31.9 Å². The number of phenolic OH excluding ortho intramolecular Hbond substituents is 1. The molecule has 1 aromatic carbocycles. The molecule has 0 unspecified atom stereocenters. The van der Waals surface area contributed by atoms with Crippen molar-refractivity contribution in [2.24, 2.45) is 5.10 Å². The highest BCUT2D eigenvalue weighted by Gasteiger charge is 2.13. The van der Waals surface area contributed by atoms with Crippen LogP contribution in [0.25, 0.3) is 0 Å². The monoisotopic (exact) mass is 431 g/mol. The Morgan fingerprint density at radius 1 is 1.55 bits per heavy atom. The molecule has 0 radical (unpaired) electrons. The number of hydrogen-bond acceptors (Lipinski definition) is 6. The topological polar surface area (TPSA) is 97.0 Å². The van der Waals surface area contributed by atoms with Crippen LogP contribution in [0.3, 0.4) is 0 Å². The number of carbonyl (C=O) groups is 1. The molecule has 1 aromatic heterocycles. The highest BCUT2D eigenvalue weighted by atomic mass is 79.9. The lowest BCUT2D eigenvalue weighted by atomic mass is 10.2. The first-order chi connectivity index (χ1) is 10.5. The molecule has 0 aliphatic heterocycles. The van der Waals surface area contributed by atoms with Gasteiger partial charge in [0.2, 0.25) is 0 Å². The molecule has 2 aromatic rings. The summed E-state index contributed by atoms with van der Waals surface area (Å²) >= 11 is 6.50. The Bertz CT molecular complexity index is 715. The van der Waals surface area contributed by atoms with Gasteiger partial charge in [-0.3, -0.25) is 4.79 Å². The number of aromatic hydroxyl groups is 1. The number of nitrogens with one attached hydrogen (secondary N) is 1. The number of halogens is 2. The SMILES string of the molecule is CCOc1cnc(C(=O)N/N=C/c2cc(Br)cc(Br)c2O)o1. The number of ether oxygens (including phenoxy) is 1. The number of oxazole rings is 1. The Hall–Kier alpha value is -1.87. The van der Waals surface area contributed by atoms with Crippen LogP contribution in [0.15, 0.2) is 36.8 Å². The third kappa shape index (κ3) is 4.08. The Balaban J connectivity index is 2.04. The molecule has 0 fully saturated rings. The number of benzene rings is 1. The second kappa shape index (κ2) is 7.41. The summed E-state index contributed by atoms with van der Waals surface area (Å²) < 4.78 is 11.4. The summed E-state index contributed by atoms with van der Waals surface area (Å²) in [6, 6.07) is 3.33. The first-order valence-electron chi connectivity index (χ1n) is 6.11. The number of hydrazone groups is 1. The summed E-state index contributed by atoms with van der Waals surface area (Å²) in [5, 5.41) is 13.6. The maximum Gasteiger partial charge on any atom is 0.327 e. The van der Waals surface area contributed by atoms with Crippen molar-refractivity contribution in [1.82, 2.24) is 10.4 Å². The normalized spacial score (nSPS) is 10.9. The summed E-state index contributed by atoms with van der Waals surface area (Å²) in [6.45, 7) is 2.20. The summed E-state index contributed by atoms with van der Waals surface area (Å²) in [5.41, 5.74) is 2.67. The third-order valence-corrected chi connectivity index (χ3v) is 3.46. The second-order valence-electron chi connectivity index (χ2n) is 3.94. The first kappa shape index (κ1) is 16.5. The molecular formula is C13H11Br2N3O4. The van der Waals surface area contributed by atoms with E-state index < -0.39 is 5.91 Å². The van der Waals surface area contributed by atoms with Gasteiger partial charge < -0.3 is 14.3 Å². The Kier molecular flexibility index (Phi) is 5.56. The molecule has 0 aliphatic carbocycles. The zero-order valence-electron chi connectivity index (χ0n) is 11.3. The summed E-state index contributed by atoms with van der Waals surface area (Å²) in [4.78, 5) is 15.5. The molecular weight excluding hydrogens is 422 g/mol. The van der Waals surface area contributed by atoms with E-state index in [4.69, 9.17) is 9.15 Å². The Morgan fingerprint density at radius 3 is 3.05 bits per heavy atom. The standard InChI is InChI=1S/C13H11Br2N3O4/c1-2-21-10-6-16-13(22-10)12(20)18-17-5-7-3-8(14)4-9(15)11(7)19/h3-6,19H,2H2,1H3,(H,18,20)/b17-5+. The van der Waals surface area contributed by atoms with Gasteiger partial charge in [0.15, 0.2) is 0 Å². The van der Waals surface area contributed by atoms with Crippen molar-refractivity contribution in [3.05, 3.63) is 38.7 Å². The van der Waals surface area contributed by atoms with E-state index in [2.05, 4.69) is 47.4 Å². The minimum Gasteiger partial charge on any atom is -0.506 e. The molecule has 116 valence electrons. The van der Waals surface area contributed by atoms with Gasteiger partial charge >= 0.3 is 11.9 Å². The molecule has 0 saturated heterocycles. The van der Waals surface area contributed by atoms with Gasteiger partial charge in [-0.1, -0.05) is 15.9 Å². The molecule has 9 heteroatoms. The quantitative estimate of drug-likeness (QED) is 0.559. The van der Waals surface area contributed by atoms with Crippen LogP contribution in [-0.2, 0) is 0 Å². The lowest BCUT2D eigenvalue weighted by molar-refractivity contribution is 0.0912. The molecule has 0 bridgehead atoms. The zero-order chi connectivity index (χ0) is 16.1. The van der Waals surface area contributed by atoms with E-state index in [0.717, 1.165) is 4.47 Å². The molecule has 0 saturated carbocycles. The maximum absolute atomic E-state index is 11.8. The fraction of sp³-hybridized carbons (Fsp3) is 0.154. The molecule has 0 aliphatic rings. The Labute approximate surface area is 142 Å². The van der Waals surface area contributed by atoms with Crippen LogP contribution in [-0.4, -0.2) is 28.8 Å². The van der Waals surface area contributed by atoms with Crippen molar-refractivity contribution in [3.8, 4) is 11.7 Å². The minimum atomic E-state index is -0.629. The zero-order valence-corrected chi connectivity index (χ0v) is 14.5.